The lowest BCUT2D eigenvalue weighted by atomic mass is 10.1. The summed E-state index contributed by atoms with van der Waals surface area (Å²) >= 11 is 0. The third kappa shape index (κ3) is 1.25. The van der Waals surface area contributed by atoms with Gasteiger partial charge in [-0.2, -0.15) is 5.26 Å². The van der Waals surface area contributed by atoms with Gasteiger partial charge in [-0.3, -0.25) is 4.79 Å². The fourth-order valence-corrected chi connectivity index (χ4v) is 1.72. The molecule has 0 spiro atoms. The Kier molecular flexibility index (Phi) is 1.97. The van der Waals surface area contributed by atoms with Gasteiger partial charge in [-0.05, 0) is 17.2 Å². The van der Waals surface area contributed by atoms with Gasteiger partial charge in [0, 0.05) is 12.7 Å². The summed E-state index contributed by atoms with van der Waals surface area (Å²) in [5.41, 5.74) is 2.98. The summed E-state index contributed by atoms with van der Waals surface area (Å²) in [5.74, 6) is 0.120. The van der Waals surface area contributed by atoms with Gasteiger partial charge in [-0.1, -0.05) is 12.1 Å². The molecule has 1 amide bonds. The number of amides is 1. The van der Waals surface area contributed by atoms with E-state index >= 15 is 0 Å². The van der Waals surface area contributed by atoms with E-state index in [0.29, 0.717) is 12.8 Å². The number of rotatable bonds is 1. The summed E-state index contributed by atoms with van der Waals surface area (Å²) in [6.45, 7) is 0. The lowest BCUT2D eigenvalue weighted by molar-refractivity contribution is -0.117. The number of nitriles is 1. The number of carbonyl (C=O) groups is 1. The van der Waals surface area contributed by atoms with Gasteiger partial charge < -0.3 is 4.90 Å². The highest BCUT2D eigenvalue weighted by molar-refractivity contribution is 6.00. The Morgan fingerprint density at radius 1 is 1.57 bits per heavy atom. The quantitative estimate of drug-likeness (QED) is 0.663. The molecule has 1 aromatic rings. The van der Waals surface area contributed by atoms with Crippen molar-refractivity contribution in [2.45, 2.75) is 12.8 Å². The molecule has 0 saturated heterocycles. The van der Waals surface area contributed by atoms with Crippen LogP contribution in [0.4, 0.5) is 5.69 Å². The molecule has 0 radical (unpaired) electrons. The molecule has 0 saturated carbocycles. The van der Waals surface area contributed by atoms with E-state index in [1.807, 2.05) is 18.2 Å². The van der Waals surface area contributed by atoms with Gasteiger partial charge >= 0.3 is 0 Å². The van der Waals surface area contributed by atoms with E-state index in [1.54, 1.807) is 11.9 Å². The van der Waals surface area contributed by atoms with Crippen LogP contribution in [-0.4, -0.2) is 13.0 Å². The topological polar surface area (TPSA) is 44.1 Å². The number of anilines is 1. The maximum Gasteiger partial charge on any atom is 0.231 e. The molecule has 0 bridgehead atoms. The fraction of sp³-hybridized carbons (Fsp3) is 0.273. The molecule has 14 heavy (non-hydrogen) atoms. The summed E-state index contributed by atoms with van der Waals surface area (Å²) < 4.78 is 0. The molecule has 0 N–H and O–H groups in total. The largest absolute Gasteiger partial charge is 0.315 e. The van der Waals surface area contributed by atoms with Crippen LogP contribution in [0.25, 0.3) is 0 Å². The van der Waals surface area contributed by atoms with Gasteiger partial charge in [0.15, 0.2) is 0 Å². The van der Waals surface area contributed by atoms with Gasteiger partial charge in [-0.25, -0.2) is 0 Å². The highest BCUT2D eigenvalue weighted by Crippen LogP contribution is 2.28. The number of nitrogens with zero attached hydrogens (tertiary/aromatic N) is 2. The minimum Gasteiger partial charge on any atom is -0.315 e. The van der Waals surface area contributed by atoms with Crippen molar-refractivity contribution in [2.75, 3.05) is 11.9 Å². The normalized spacial score (nSPS) is 14.0. The first-order chi connectivity index (χ1) is 6.72. The summed E-state index contributed by atoms with van der Waals surface area (Å²) in [6, 6.07) is 7.85. The maximum absolute atomic E-state index is 11.4. The van der Waals surface area contributed by atoms with Gasteiger partial charge in [0.05, 0.1) is 18.9 Å². The lowest BCUT2D eigenvalue weighted by Crippen LogP contribution is -2.20. The Morgan fingerprint density at radius 3 is 3.07 bits per heavy atom. The molecule has 0 aromatic heterocycles. The van der Waals surface area contributed by atoms with Crippen LogP contribution in [0.1, 0.15) is 11.1 Å². The van der Waals surface area contributed by atoms with Crippen LogP contribution in [0.15, 0.2) is 18.2 Å². The molecule has 0 atom stereocenters. The summed E-state index contributed by atoms with van der Waals surface area (Å²) in [4.78, 5) is 13.0. The Morgan fingerprint density at radius 2 is 2.36 bits per heavy atom. The number of benzene rings is 1. The molecular weight excluding hydrogens is 176 g/mol. The molecule has 3 heteroatoms. The van der Waals surface area contributed by atoms with Crippen molar-refractivity contribution in [1.82, 2.24) is 0 Å². The van der Waals surface area contributed by atoms with E-state index in [4.69, 9.17) is 5.26 Å². The second-order valence-corrected chi connectivity index (χ2v) is 3.43. The van der Waals surface area contributed by atoms with Gasteiger partial charge in [0.1, 0.15) is 0 Å². The molecule has 2 rings (SSSR count). The summed E-state index contributed by atoms with van der Waals surface area (Å²) in [6.07, 6.45) is 0.871. The Hall–Kier alpha value is -1.82. The Labute approximate surface area is 82.6 Å². The second-order valence-electron chi connectivity index (χ2n) is 3.43. The van der Waals surface area contributed by atoms with E-state index in [2.05, 4.69) is 6.07 Å². The Bertz CT molecular complexity index is 431. The average molecular weight is 186 g/mol. The van der Waals surface area contributed by atoms with Gasteiger partial charge in [-0.15, -0.1) is 0 Å². The van der Waals surface area contributed by atoms with Crippen molar-refractivity contribution >= 4 is 11.6 Å². The van der Waals surface area contributed by atoms with Gasteiger partial charge in [0.2, 0.25) is 5.91 Å². The summed E-state index contributed by atoms with van der Waals surface area (Å²) in [7, 11) is 1.78. The second kappa shape index (κ2) is 3.15. The standard InChI is InChI=1S/C11H10N2O/c1-13-10-3-2-8(4-5-12)6-9(10)7-11(13)14/h2-3,6H,4,7H2,1H3. The molecule has 1 aromatic carbocycles. The van der Waals surface area contributed by atoms with E-state index in [0.717, 1.165) is 16.8 Å². The first-order valence-corrected chi connectivity index (χ1v) is 4.47. The zero-order chi connectivity index (χ0) is 10.1. The molecule has 0 aliphatic carbocycles. The Balaban J connectivity index is 2.40. The van der Waals surface area contributed by atoms with Crippen LogP contribution in [0.3, 0.4) is 0 Å². The summed E-state index contributed by atoms with van der Waals surface area (Å²) in [5, 5.41) is 8.54. The number of carbonyl (C=O) groups excluding carboxylic acids is 1. The van der Waals surface area contributed by atoms with Crippen molar-refractivity contribution in [2.24, 2.45) is 0 Å². The monoisotopic (exact) mass is 186 g/mol. The highest BCUT2D eigenvalue weighted by Gasteiger charge is 2.23. The van der Waals surface area contributed by atoms with Gasteiger partial charge in [0.25, 0.3) is 0 Å². The predicted octanol–water partition coefficient (Wildman–Crippen LogP) is 1.27. The van der Waals surface area contributed by atoms with Crippen LogP contribution in [0, 0.1) is 11.3 Å². The zero-order valence-corrected chi connectivity index (χ0v) is 7.95. The minimum atomic E-state index is 0.120. The van der Waals surface area contributed by atoms with Crippen LogP contribution in [0.2, 0.25) is 0 Å². The van der Waals surface area contributed by atoms with Crippen molar-refractivity contribution in [3.05, 3.63) is 29.3 Å². The lowest BCUT2D eigenvalue weighted by Gasteiger charge is -2.09. The van der Waals surface area contributed by atoms with Crippen molar-refractivity contribution in [1.29, 1.82) is 5.26 Å². The maximum atomic E-state index is 11.4. The average Bonchev–Trinajstić information content (AvgIpc) is 2.43. The first kappa shape index (κ1) is 8.76. The molecule has 3 nitrogen and oxygen atoms in total. The highest BCUT2D eigenvalue weighted by atomic mass is 16.2. The predicted molar refractivity (Wildman–Crippen MR) is 52.9 cm³/mol. The SMILES string of the molecule is CN1C(=O)Cc2cc(CC#N)ccc21. The molecular formula is C11H10N2O. The fourth-order valence-electron chi connectivity index (χ4n) is 1.72. The van der Waals surface area contributed by atoms with E-state index < -0.39 is 0 Å². The van der Waals surface area contributed by atoms with Crippen molar-refractivity contribution in [3.8, 4) is 6.07 Å². The van der Waals surface area contributed by atoms with Crippen LogP contribution in [-0.2, 0) is 17.6 Å². The van der Waals surface area contributed by atoms with Crippen molar-refractivity contribution in [3.63, 3.8) is 0 Å². The van der Waals surface area contributed by atoms with E-state index in [9.17, 15) is 4.79 Å². The molecule has 1 aliphatic heterocycles. The zero-order valence-electron chi connectivity index (χ0n) is 7.95. The molecule has 70 valence electrons. The molecule has 0 unspecified atom stereocenters. The minimum absolute atomic E-state index is 0.120. The van der Waals surface area contributed by atoms with E-state index in [1.165, 1.54) is 0 Å². The van der Waals surface area contributed by atoms with Crippen molar-refractivity contribution < 1.29 is 4.79 Å². The van der Waals surface area contributed by atoms with Crippen LogP contribution < -0.4 is 4.90 Å². The number of hydrogen-bond donors (Lipinski definition) is 0. The van der Waals surface area contributed by atoms with Crippen LogP contribution >= 0.6 is 0 Å². The third-order valence-corrected chi connectivity index (χ3v) is 2.50. The van der Waals surface area contributed by atoms with Crippen LogP contribution in [0.5, 0.6) is 0 Å². The third-order valence-electron chi connectivity index (χ3n) is 2.50. The molecule has 0 fully saturated rings. The van der Waals surface area contributed by atoms with E-state index in [-0.39, 0.29) is 5.91 Å². The number of hydrogen-bond acceptors (Lipinski definition) is 2. The first-order valence-electron chi connectivity index (χ1n) is 4.47. The number of likely N-dealkylation sites (N-methyl/N-ethyl adjacent to an activating group) is 1. The molecule has 1 aliphatic rings. The molecule has 1 heterocycles. The smallest absolute Gasteiger partial charge is 0.231 e. The number of fused-ring (bicyclic) bond motifs is 1.